The van der Waals surface area contributed by atoms with Gasteiger partial charge in [0.25, 0.3) is 0 Å². The number of aryl methyl sites for hydroxylation is 1. The van der Waals surface area contributed by atoms with E-state index in [0.29, 0.717) is 11.9 Å². The molecule has 4 aromatic rings. The summed E-state index contributed by atoms with van der Waals surface area (Å²) < 4.78 is 1.77. The third-order valence-corrected chi connectivity index (χ3v) is 5.57. The third kappa shape index (κ3) is 5.40. The van der Waals surface area contributed by atoms with E-state index in [2.05, 4.69) is 68.6 Å². The number of rotatable bonds is 10. The molecule has 0 aliphatic rings. The number of benzene rings is 2. The molecule has 8 heteroatoms. The number of unbranched alkanes of at least 4 members (excludes halogenated alkanes) is 2. The zero-order chi connectivity index (χ0) is 21.5. The summed E-state index contributed by atoms with van der Waals surface area (Å²) in [4.78, 5) is 8.09. The molecule has 2 aromatic carbocycles. The number of hydrogen-bond donors (Lipinski definition) is 0. The maximum absolute atomic E-state index is 4.48. The Labute approximate surface area is 182 Å². The molecule has 0 fully saturated rings. The fraction of sp³-hybridized carbons (Fsp3) is 0.348. The van der Waals surface area contributed by atoms with Crippen molar-refractivity contribution >= 4 is 0 Å². The van der Waals surface area contributed by atoms with E-state index in [1.54, 1.807) is 22.1 Å². The first-order valence-electron chi connectivity index (χ1n) is 10.7. The summed E-state index contributed by atoms with van der Waals surface area (Å²) in [6.45, 7) is 4.09. The van der Waals surface area contributed by atoms with Crippen LogP contribution in [0.5, 0.6) is 0 Å². The van der Waals surface area contributed by atoms with E-state index in [4.69, 9.17) is 0 Å². The average Bonchev–Trinajstić information content (AvgIpc) is 3.52. The van der Waals surface area contributed by atoms with Crippen LogP contribution in [0.3, 0.4) is 0 Å². The van der Waals surface area contributed by atoms with Crippen LogP contribution in [0.2, 0.25) is 0 Å². The average molecular weight is 417 g/mol. The molecule has 2 heterocycles. The Morgan fingerprint density at radius 2 is 1.77 bits per heavy atom. The molecule has 8 nitrogen and oxygen atoms in total. The second-order valence-corrected chi connectivity index (χ2v) is 7.72. The minimum absolute atomic E-state index is 0.357. The number of nitrogens with zero attached hydrogens (tertiary/aromatic N) is 8. The van der Waals surface area contributed by atoms with Crippen molar-refractivity contribution in [1.82, 2.24) is 39.9 Å². The van der Waals surface area contributed by atoms with Crippen molar-refractivity contribution in [2.75, 3.05) is 13.6 Å². The van der Waals surface area contributed by atoms with Gasteiger partial charge >= 0.3 is 0 Å². The highest BCUT2D eigenvalue weighted by Gasteiger charge is 2.12. The van der Waals surface area contributed by atoms with Crippen molar-refractivity contribution in [3.8, 4) is 17.1 Å². The summed E-state index contributed by atoms with van der Waals surface area (Å²) in [5, 5.41) is 17.0. The van der Waals surface area contributed by atoms with Crippen LogP contribution >= 0.6 is 0 Å². The number of hydrogen-bond acceptors (Lipinski definition) is 6. The Balaban J connectivity index is 1.19. The Morgan fingerprint density at radius 1 is 0.968 bits per heavy atom. The lowest BCUT2D eigenvalue weighted by atomic mass is 10.1. The summed E-state index contributed by atoms with van der Waals surface area (Å²) in [6.07, 6.45) is 6.56. The second kappa shape index (κ2) is 10.1. The molecule has 160 valence electrons. The van der Waals surface area contributed by atoms with E-state index in [1.807, 2.05) is 30.3 Å². The maximum atomic E-state index is 4.48. The lowest BCUT2D eigenvalue weighted by Crippen LogP contribution is -2.23. The molecule has 0 bridgehead atoms. The zero-order valence-electron chi connectivity index (χ0n) is 18.0. The molecule has 0 N–H and O–H groups in total. The smallest absolute Gasteiger partial charge is 0.204 e. The molecule has 0 radical (unpaired) electrons. The molecule has 0 saturated carbocycles. The van der Waals surface area contributed by atoms with Crippen LogP contribution < -0.4 is 0 Å². The summed E-state index contributed by atoms with van der Waals surface area (Å²) >= 11 is 0. The van der Waals surface area contributed by atoms with Crippen LogP contribution in [0.15, 0.2) is 67.3 Å². The normalized spacial score (nSPS) is 12.4. The monoisotopic (exact) mass is 416 g/mol. The fourth-order valence-electron chi connectivity index (χ4n) is 3.53. The SMILES string of the molecule is CC(c1ccc(-n2cncn2)cc1)N(C)CCCCCn1nnc(-c2ccccc2)n1. The molecule has 1 atom stereocenters. The molecule has 31 heavy (non-hydrogen) atoms. The van der Waals surface area contributed by atoms with Crippen LogP contribution in [-0.2, 0) is 6.54 Å². The first-order chi connectivity index (χ1) is 15.2. The van der Waals surface area contributed by atoms with E-state index in [-0.39, 0.29) is 0 Å². The lowest BCUT2D eigenvalue weighted by molar-refractivity contribution is 0.254. The van der Waals surface area contributed by atoms with Crippen molar-refractivity contribution in [1.29, 1.82) is 0 Å². The Kier molecular flexibility index (Phi) is 6.78. The molecule has 0 aliphatic heterocycles. The quantitative estimate of drug-likeness (QED) is 0.366. The molecule has 0 amide bonds. The molecule has 0 spiro atoms. The zero-order valence-corrected chi connectivity index (χ0v) is 18.0. The van der Waals surface area contributed by atoms with Gasteiger partial charge in [0.15, 0.2) is 0 Å². The van der Waals surface area contributed by atoms with E-state index in [9.17, 15) is 0 Å². The van der Waals surface area contributed by atoms with Gasteiger partial charge in [0, 0.05) is 11.6 Å². The predicted octanol–water partition coefficient (Wildman–Crippen LogP) is 3.78. The molecular formula is C23H28N8. The predicted molar refractivity (Wildman–Crippen MR) is 120 cm³/mol. The van der Waals surface area contributed by atoms with Crippen LogP contribution in [0, 0.1) is 0 Å². The highest BCUT2D eigenvalue weighted by Crippen LogP contribution is 2.20. The minimum Gasteiger partial charge on any atom is -0.300 e. The van der Waals surface area contributed by atoms with Gasteiger partial charge in [0.2, 0.25) is 5.82 Å². The van der Waals surface area contributed by atoms with Crippen LogP contribution in [0.25, 0.3) is 17.1 Å². The third-order valence-electron chi connectivity index (χ3n) is 5.57. The first-order valence-corrected chi connectivity index (χ1v) is 10.7. The molecular weight excluding hydrogens is 388 g/mol. The molecule has 2 aromatic heterocycles. The van der Waals surface area contributed by atoms with Crippen molar-refractivity contribution in [2.24, 2.45) is 0 Å². The standard InChI is InChI=1S/C23H28N8/c1-19(20-11-13-22(14-12-20)30-18-24-17-25-30)29(2)15-7-4-8-16-31-27-23(26-28-31)21-9-5-3-6-10-21/h3,5-6,9-14,17-19H,4,7-8,15-16H2,1-2H3. The van der Waals surface area contributed by atoms with E-state index in [1.165, 1.54) is 5.56 Å². The second-order valence-electron chi connectivity index (χ2n) is 7.72. The highest BCUT2D eigenvalue weighted by molar-refractivity contribution is 5.52. The van der Waals surface area contributed by atoms with Gasteiger partial charge in [-0.05, 0) is 56.3 Å². The van der Waals surface area contributed by atoms with Crippen LogP contribution in [0.4, 0.5) is 0 Å². The van der Waals surface area contributed by atoms with Crippen molar-refractivity contribution in [3.63, 3.8) is 0 Å². The Hall–Kier alpha value is -3.39. The summed E-state index contributed by atoms with van der Waals surface area (Å²) in [5.74, 6) is 0.684. The Morgan fingerprint density at radius 3 is 2.52 bits per heavy atom. The van der Waals surface area contributed by atoms with E-state index < -0.39 is 0 Å². The van der Waals surface area contributed by atoms with E-state index >= 15 is 0 Å². The molecule has 4 rings (SSSR count). The lowest BCUT2D eigenvalue weighted by Gasteiger charge is -2.25. The maximum Gasteiger partial charge on any atom is 0.204 e. The van der Waals surface area contributed by atoms with Gasteiger partial charge in [-0.3, -0.25) is 4.90 Å². The van der Waals surface area contributed by atoms with Gasteiger partial charge in [0.1, 0.15) is 12.7 Å². The van der Waals surface area contributed by atoms with Gasteiger partial charge in [-0.2, -0.15) is 9.90 Å². The molecule has 0 saturated heterocycles. The summed E-state index contributed by atoms with van der Waals surface area (Å²) in [5.41, 5.74) is 3.32. The summed E-state index contributed by atoms with van der Waals surface area (Å²) in [6, 6.07) is 18.8. The minimum atomic E-state index is 0.357. The van der Waals surface area contributed by atoms with E-state index in [0.717, 1.165) is 43.6 Å². The largest absolute Gasteiger partial charge is 0.300 e. The van der Waals surface area contributed by atoms with Gasteiger partial charge < -0.3 is 0 Å². The van der Waals surface area contributed by atoms with Crippen molar-refractivity contribution in [2.45, 2.75) is 38.8 Å². The number of tetrazole rings is 1. The Bertz CT molecular complexity index is 1040. The molecule has 0 aliphatic carbocycles. The topological polar surface area (TPSA) is 77.5 Å². The van der Waals surface area contributed by atoms with Crippen LogP contribution in [0.1, 0.15) is 37.8 Å². The van der Waals surface area contributed by atoms with Gasteiger partial charge in [-0.25, -0.2) is 9.67 Å². The molecule has 1 unspecified atom stereocenters. The highest BCUT2D eigenvalue weighted by atomic mass is 15.6. The van der Waals surface area contributed by atoms with Gasteiger partial charge in [-0.1, -0.05) is 48.9 Å². The van der Waals surface area contributed by atoms with Gasteiger partial charge in [0.05, 0.1) is 12.2 Å². The van der Waals surface area contributed by atoms with Crippen molar-refractivity contribution < 1.29 is 0 Å². The fourth-order valence-corrected chi connectivity index (χ4v) is 3.53. The number of aromatic nitrogens is 7. The van der Waals surface area contributed by atoms with Gasteiger partial charge in [-0.15, -0.1) is 10.2 Å². The van der Waals surface area contributed by atoms with Crippen molar-refractivity contribution in [3.05, 3.63) is 72.8 Å². The first kappa shape index (κ1) is 20.9. The summed E-state index contributed by atoms with van der Waals surface area (Å²) in [7, 11) is 2.18. The van der Waals surface area contributed by atoms with Crippen LogP contribution in [-0.4, -0.2) is 53.5 Å².